The van der Waals surface area contributed by atoms with E-state index >= 15 is 0 Å². The third-order valence-electron chi connectivity index (χ3n) is 2.54. The first kappa shape index (κ1) is 16.8. The van der Waals surface area contributed by atoms with Gasteiger partial charge in [-0.15, -0.1) is 0 Å². The van der Waals surface area contributed by atoms with Gasteiger partial charge in [-0.1, -0.05) is 0 Å². The predicted octanol–water partition coefficient (Wildman–Crippen LogP) is 2.03. The molecule has 1 aromatic rings. The second kappa shape index (κ2) is 6.94. The fourth-order valence-corrected chi connectivity index (χ4v) is 3.58. The molecule has 0 fully saturated rings. The molecule has 0 aliphatic carbocycles. The number of hydrogen-bond acceptors (Lipinski definition) is 5. The summed E-state index contributed by atoms with van der Waals surface area (Å²) in [5.74, 6) is -0.613. The molecule has 0 aliphatic heterocycles. The molecule has 0 heterocycles. The molecule has 0 saturated carbocycles. The normalized spacial score (nSPS) is 11.2. The Hall–Kier alpha value is -1.28. The maximum atomic E-state index is 11.9. The lowest BCUT2D eigenvalue weighted by atomic mass is 10.2. The smallest absolute Gasteiger partial charge is 0.305 e. The zero-order valence-corrected chi connectivity index (χ0v) is 13.7. The Labute approximate surface area is 126 Å². The first-order valence-electron chi connectivity index (χ1n) is 5.88. The number of esters is 1. The molecule has 0 aromatic heterocycles. The van der Waals surface area contributed by atoms with Gasteiger partial charge in [-0.05, 0) is 47.0 Å². The van der Waals surface area contributed by atoms with E-state index in [1.165, 1.54) is 7.11 Å². The quantitative estimate of drug-likeness (QED) is 0.594. The van der Waals surface area contributed by atoms with Crippen molar-refractivity contribution in [1.29, 1.82) is 0 Å². The summed E-state index contributed by atoms with van der Waals surface area (Å²) in [6, 6.07) is 3.44. The van der Waals surface area contributed by atoms with E-state index < -0.39 is 16.0 Å². The number of methoxy groups -OCH3 is 1. The number of benzene rings is 1. The number of ether oxygens (including phenoxy) is 1. The van der Waals surface area contributed by atoms with Crippen LogP contribution in [0.2, 0.25) is 0 Å². The highest BCUT2D eigenvalue weighted by molar-refractivity contribution is 9.10. The number of halogens is 1. The topological polar surface area (TPSA) is 98.5 Å². The van der Waals surface area contributed by atoms with Crippen molar-refractivity contribution in [3.8, 4) is 0 Å². The Balaban J connectivity index is 2.74. The van der Waals surface area contributed by atoms with Crippen molar-refractivity contribution in [2.24, 2.45) is 0 Å². The summed E-state index contributed by atoms with van der Waals surface area (Å²) in [6.45, 7) is 1.86. The number of carbonyl (C=O) groups is 1. The van der Waals surface area contributed by atoms with Crippen LogP contribution >= 0.6 is 15.9 Å². The molecule has 0 aliphatic rings. The second-order valence-electron chi connectivity index (χ2n) is 4.31. The van der Waals surface area contributed by atoms with Gasteiger partial charge < -0.3 is 10.5 Å². The molecular weight excluding hydrogens is 348 g/mol. The van der Waals surface area contributed by atoms with E-state index in [4.69, 9.17) is 5.73 Å². The van der Waals surface area contributed by atoms with Crippen LogP contribution in [0.1, 0.15) is 18.4 Å². The summed E-state index contributed by atoms with van der Waals surface area (Å²) in [7, 11) is -2.30. The molecule has 8 heteroatoms. The minimum absolute atomic E-state index is 0.0575. The van der Waals surface area contributed by atoms with Crippen LogP contribution in [0.25, 0.3) is 0 Å². The van der Waals surface area contributed by atoms with E-state index in [9.17, 15) is 13.2 Å². The number of hydrogen-bond donors (Lipinski definition) is 2. The van der Waals surface area contributed by atoms with Crippen molar-refractivity contribution in [2.75, 3.05) is 23.3 Å². The van der Waals surface area contributed by atoms with Crippen molar-refractivity contribution in [2.45, 2.75) is 19.8 Å². The molecule has 0 bridgehead atoms. The van der Waals surface area contributed by atoms with Crippen molar-refractivity contribution in [3.63, 3.8) is 0 Å². The lowest BCUT2D eigenvalue weighted by molar-refractivity contribution is -0.140. The summed E-state index contributed by atoms with van der Waals surface area (Å²) < 4.78 is 31.3. The fraction of sp³-hybridized carbons (Fsp3) is 0.417. The molecule has 0 radical (unpaired) electrons. The molecule has 6 nitrogen and oxygen atoms in total. The number of aryl methyl sites for hydroxylation is 1. The van der Waals surface area contributed by atoms with Gasteiger partial charge in [0.25, 0.3) is 0 Å². The molecule has 0 unspecified atom stereocenters. The van der Waals surface area contributed by atoms with Crippen LogP contribution in [0.3, 0.4) is 0 Å². The highest BCUT2D eigenvalue weighted by Crippen LogP contribution is 2.31. The highest BCUT2D eigenvalue weighted by Gasteiger charge is 2.15. The molecule has 0 atom stereocenters. The minimum atomic E-state index is -3.56. The van der Waals surface area contributed by atoms with Crippen LogP contribution in [0.4, 0.5) is 11.4 Å². The van der Waals surface area contributed by atoms with E-state index in [2.05, 4.69) is 25.4 Å². The Bertz CT molecular complexity index is 578. The summed E-state index contributed by atoms with van der Waals surface area (Å²) in [5.41, 5.74) is 7.37. The highest BCUT2D eigenvalue weighted by atomic mass is 79.9. The lowest BCUT2D eigenvalue weighted by Gasteiger charge is -2.12. The first-order chi connectivity index (χ1) is 9.25. The van der Waals surface area contributed by atoms with Crippen molar-refractivity contribution >= 4 is 43.3 Å². The minimum Gasteiger partial charge on any atom is -0.469 e. The molecule has 0 spiro atoms. The number of nitrogens with one attached hydrogen (secondary N) is 1. The van der Waals surface area contributed by atoms with Crippen molar-refractivity contribution in [1.82, 2.24) is 0 Å². The number of rotatable bonds is 6. The number of sulfonamides is 1. The standard InChI is InChI=1S/C12H17BrN2O4S/c1-8-6-9(13)12(10(14)7-8)15-20(17,18)5-3-4-11(16)19-2/h6-7,15H,3-5,14H2,1-2H3. The van der Waals surface area contributed by atoms with E-state index in [-0.39, 0.29) is 18.6 Å². The number of carbonyl (C=O) groups excluding carboxylic acids is 1. The maximum absolute atomic E-state index is 11.9. The Morgan fingerprint density at radius 3 is 2.65 bits per heavy atom. The molecule has 0 saturated heterocycles. The van der Waals surface area contributed by atoms with Crippen molar-refractivity contribution in [3.05, 3.63) is 22.2 Å². The van der Waals surface area contributed by atoms with Crippen LogP contribution in [0.5, 0.6) is 0 Å². The number of anilines is 2. The predicted molar refractivity (Wildman–Crippen MR) is 82.0 cm³/mol. The second-order valence-corrected chi connectivity index (χ2v) is 7.01. The molecule has 3 N–H and O–H groups in total. The van der Waals surface area contributed by atoms with Gasteiger partial charge in [0.2, 0.25) is 10.0 Å². The van der Waals surface area contributed by atoms with Crippen LogP contribution < -0.4 is 10.5 Å². The van der Waals surface area contributed by atoms with Gasteiger partial charge in [0, 0.05) is 10.9 Å². The van der Waals surface area contributed by atoms with Crippen molar-refractivity contribution < 1.29 is 17.9 Å². The average Bonchev–Trinajstić information content (AvgIpc) is 2.33. The van der Waals surface area contributed by atoms with Crippen LogP contribution in [-0.4, -0.2) is 27.2 Å². The van der Waals surface area contributed by atoms with Crippen LogP contribution in [-0.2, 0) is 19.6 Å². The Morgan fingerprint density at radius 2 is 2.10 bits per heavy atom. The zero-order chi connectivity index (χ0) is 15.3. The third-order valence-corrected chi connectivity index (χ3v) is 4.51. The molecule has 0 amide bonds. The van der Waals surface area contributed by atoms with Gasteiger partial charge in [0.15, 0.2) is 0 Å². The molecule has 112 valence electrons. The summed E-state index contributed by atoms with van der Waals surface area (Å²) in [5, 5.41) is 0. The van der Waals surface area contributed by atoms with Gasteiger partial charge in [-0.25, -0.2) is 8.42 Å². The molecule has 1 aromatic carbocycles. The zero-order valence-electron chi connectivity index (χ0n) is 11.3. The summed E-state index contributed by atoms with van der Waals surface area (Å²) in [4.78, 5) is 10.9. The average molecular weight is 365 g/mol. The van der Waals surface area contributed by atoms with E-state index in [0.717, 1.165) is 5.56 Å². The number of nitrogen functional groups attached to an aromatic ring is 1. The lowest BCUT2D eigenvalue weighted by Crippen LogP contribution is -2.19. The van der Waals surface area contributed by atoms with Crippen LogP contribution in [0, 0.1) is 6.92 Å². The van der Waals surface area contributed by atoms with Gasteiger partial charge in [0.05, 0.1) is 24.2 Å². The maximum Gasteiger partial charge on any atom is 0.305 e. The van der Waals surface area contributed by atoms with Gasteiger partial charge in [0.1, 0.15) is 0 Å². The molecular formula is C12H17BrN2O4S. The van der Waals surface area contributed by atoms with E-state index in [0.29, 0.717) is 15.8 Å². The number of nitrogens with two attached hydrogens (primary N) is 1. The Morgan fingerprint density at radius 1 is 1.45 bits per heavy atom. The molecule has 1 rings (SSSR count). The fourth-order valence-electron chi connectivity index (χ4n) is 1.59. The van der Waals surface area contributed by atoms with Gasteiger partial charge >= 0.3 is 5.97 Å². The third kappa shape index (κ3) is 5.01. The van der Waals surface area contributed by atoms with E-state index in [1.807, 2.05) is 6.92 Å². The first-order valence-corrected chi connectivity index (χ1v) is 8.32. The molecule has 20 heavy (non-hydrogen) atoms. The van der Waals surface area contributed by atoms with E-state index in [1.54, 1.807) is 12.1 Å². The largest absolute Gasteiger partial charge is 0.469 e. The van der Waals surface area contributed by atoms with Gasteiger partial charge in [-0.3, -0.25) is 9.52 Å². The summed E-state index contributed by atoms with van der Waals surface area (Å²) in [6.07, 6.45) is 0.243. The summed E-state index contributed by atoms with van der Waals surface area (Å²) >= 11 is 3.27. The van der Waals surface area contributed by atoms with Crippen LogP contribution in [0.15, 0.2) is 16.6 Å². The Kier molecular flexibility index (Phi) is 5.82. The SMILES string of the molecule is COC(=O)CCCS(=O)(=O)Nc1c(N)cc(C)cc1Br. The monoisotopic (exact) mass is 364 g/mol. The van der Waals surface area contributed by atoms with Gasteiger partial charge in [-0.2, -0.15) is 0 Å².